The fraction of sp³-hybridized carbons (Fsp3) is 0.611. The van der Waals surface area contributed by atoms with E-state index in [4.69, 9.17) is 11.6 Å². The van der Waals surface area contributed by atoms with Gasteiger partial charge in [-0.15, -0.1) is 0 Å². The molecule has 0 aliphatic carbocycles. The highest BCUT2D eigenvalue weighted by atomic mass is 35.5. The molecule has 2 rings (SSSR count). The van der Waals surface area contributed by atoms with E-state index in [2.05, 4.69) is 17.3 Å². The Balaban J connectivity index is 1.94. The SMILES string of the molecule is CCCCn1nc(C)c(/C=C/C(=O)N2CCN(C(=O)NCC)CC2)c1Cl. The van der Waals surface area contributed by atoms with Crippen LogP contribution in [0.3, 0.4) is 0 Å². The monoisotopic (exact) mass is 381 g/mol. The Labute approximate surface area is 160 Å². The van der Waals surface area contributed by atoms with Crippen molar-refractivity contribution in [2.75, 3.05) is 32.7 Å². The van der Waals surface area contributed by atoms with E-state index in [9.17, 15) is 9.59 Å². The summed E-state index contributed by atoms with van der Waals surface area (Å²) in [6.45, 7) is 9.43. The van der Waals surface area contributed by atoms with Gasteiger partial charge in [-0.1, -0.05) is 24.9 Å². The third kappa shape index (κ3) is 5.00. The number of hydrogen-bond acceptors (Lipinski definition) is 3. The molecule has 0 atom stereocenters. The molecular weight excluding hydrogens is 354 g/mol. The summed E-state index contributed by atoms with van der Waals surface area (Å²) >= 11 is 6.39. The lowest BCUT2D eigenvalue weighted by atomic mass is 10.2. The van der Waals surface area contributed by atoms with E-state index < -0.39 is 0 Å². The number of amides is 3. The van der Waals surface area contributed by atoms with Gasteiger partial charge in [0.15, 0.2) is 0 Å². The maximum absolute atomic E-state index is 12.4. The second-order valence-corrected chi connectivity index (χ2v) is 6.71. The first-order valence-corrected chi connectivity index (χ1v) is 9.58. The molecule has 26 heavy (non-hydrogen) atoms. The van der Waals surface area contributed by atoms with E-state index in [1.165, 1.54) is 0 Å². The van der Waals surface area contributed by atoms with Crippen molar-refractivity contribution in [1.82, 2.24) is 24.9 Å². The number of rotatable bonds is 6. The summed E-state index contributed by atoms with van der Waals surface area (Å²) in [5, 5.41) is 7.79. The molecule has 144 valence electrons. The maximum atomic E-state index is 12.4. The van der Waals surface area contributed by atoms with Crippen molar-refractivity contribution in [2.24, 2.45) is 0 Å². The number of nitrogens with zero attached hydrogens (tertiary/aromatic N) is 4. The quantitative estimate of drug-likeness (QED) is 0.770. The van der Waals surface area contributed by atoms with E-state index in [0.29, 0.717) is 37.9 Å². The number of halogens is 1. The average molecular weight is 382 g/mol. The van der Waals surface area contributed by atoms with Crippen LogP contribution >= 0.6 is 11.6 Å². The molecule has 1 aliphatic rings. The molecule has 3 amide bonds. The Bertz CT molecular complexity index is 663. The van der Waals surface area contributed by atoms with Crippen molar-refractivity contribution in [3.8, 4) is 0 Å². The summed E-state index contributed by atoms with van der Waals surface area (Å²) in [5.41, 5.74) is 1.60. The van der Waals surface area contributed by atoms with Crippen molar-refractivity contribution in [3.63, 3.8) is 0 Å². The van der Waals surface area contributed by atoms with Crippen LogP contribution in [0.4, 0.5) is 4.79 Å². The molecule has 0 aromatic carbocycles. The molecule has 1 N–H and O–H groups in total. The minimum absolute atomic E-state index is 0.0719. The minimum Gasteiger partial charge on any atom is -0.338 e. The third-order valence-electron chi connectivity index (χ3n) is 4.43. The van der Waals surface area contributed by atoms with Crippen molar-refractivity contribution in [2.45, 2.75) is 40.2 Å². The summed E-state index contributed by atoms with van der Waals surface area (Å²) in [6.07, 6.45) is 5.37. The second kappa shape index (κ2) is 9.62. The molecule has 0 bridgehead atoms. The van der Waals surface area contributed by atoms with Gasteiger partial charge < -0.3 is 15.1 Å². The van der Waals surface area contributed by atoms with Crippen LogP contribution in [0.1, 0.15) is 37.9 Å². The van der Waals surface area contributed by atoms with E-state index >= 15 is 0 Å². The lowest BCUT2D eigenvalue weighted by Gasteiger charge is -2.34. The standard InChI is InChI=1S/C18H28ClN5O2/c1-4-6-9-24-17(19)15(14(3)21-24)7-8-16(25)22-10-12-23(13-11-22)18(26)20-5-2/h7-8H,4-6,9-13H2,1-3H3,(H,20,26)/b8-7+. The highest BCUT2D eigenvalue weighted by molar-refractivity contribution is 6.31. The summed E-state index contributed by atoms with van der Waals surface area (Å²) in [7, 11) is 0. The van der Waals surface area contributed by atoms with E-state index in [0.717, 1.165) is 30.6 Å². The zero-order valence-electron chi connectivity index (χ0n) is 15.8. The van der Waals surface area contributed by atoms with Crippen LogP contribution in [-0.2, 0) is 11.3 Å². The molecule has 0 unspecified atom stereocenters. The summed E-state index contributed by atoms with van der Waals surface area (Å²) < 4.78 is 1.79. The van der Waals surface area contributed by atoms with Gasteiger partial charge in [0.1, 0.15) is 5.15 Å². The summed E-state index contributed by atoms with van der Waals surface area (Å²) in [6, 6.07) is -0.0722. The van der Waals surface area contributed by atoms with E-state index in [1.54, 1.807) is 26.6 Å². The Kier molecular flexibility index (Phi) is 7.50. The van der Waals surface area contributed by atoms with Gasteiger partial charge in [-0.25, -0.2) is 4.79 Å². The van der Waals surface area contributed by atoms with Gasteiger partial charge in [-0.3, -0.25) is 9.48 Å². The summed E-state index contributed by atoms with van der Waals surface area (Å²) in [4.78, 5) is 27.7. The van der Waals surface area contributed by atoms with Crippen LogP contribution in [0, 0.1) is 6.92 Å². The predicted octanol–water partition coefficient (Wildman–Crippen LogP) is 2.53. The fourth-order valence-electron chi connectivity index (χ4n) is 2.87. The zero-order valence-corrected chi connectivity index (χ0v) is 16.6. The Morgan fingerprint density at radius 1 is 1.19 bits per heavy atom. The smallest absolute Gasteiger partial charge is 0.317 e. The maximum Gasteiger partial charge on any atom is 0.317 e. The Morgan fingerprint density at radius 2 is 1.85 bits per heavy atom. The van der Waals surface area contributed by atoms with E-state index in [-0.39, 0.29) is 11.9 Å². The molecule has 0 saturated carbocycles. The molecule has 1 fully saturated rings. The largest absolute Gasteiger partial charge is 0.338 e. The lowest BCUT2D eigenvalue weighted by Crippen LogP contribution is -2.52. The molecule has 1 saturated heterocycles. The van der Waals surface area contributed by atoms with Crippen molar-refractivity contribution in [3.05, 3.63) is 22.5 Å². The third-order valence-corrected chi connectivity index (χ3v) is 4.83. The van der Waals surface area contributed by atoms with Gasteiger partial charge in [0.25, 0.3) is 0 Å². The van der Waals surface area contributed by atoms with Crippen molar-refractivity contribution < 1.29 is 9.59 Å². The molecule has 1 aromatic heterocycles. The number of piperazine rings is 1. The number of nitrogens with one attached hydrogen (secondary N) is 1. The highest BCUT2D eigenvalue weighted by Gasteiger charge is 2.22. The molecular formula is C18H28ClN5O2. The fourth-order valence-corrected chi connectivity index (χ4v) is 3.19. The van der Waals surface area contributed by atoms with Crippen LogP contribution in [0.25, 0.3) is 6.08 Å². The lowest BCUT2D eigenvalue weighted by molar-refractivity contribution is -0.127. The molecule has 1 aliphatic heterocycles. The van der Waals surface area contributed by atoms with E-state index in [1.807, 2.05) is 13.8 Å². The van der Waals surface area contributed by atoms with Crippen LogP contribution in [0.2, 0.25) is 5.15 Å². The van der Waals surface area contributed by atoms with Gasteiger partial charge in [0.2, 0.25) is 5.91 Å². The van der Waals surface area contributed by atoms with Crippen LogP contribution in [0.15, 0.2) is 6.08 Å². The number of unbranched alkanes of at least 4 members (excludes halogenated alkanes) is 1. The number of carbonyl (C=O) groups is 2. The first-order chi connectivity index (χ1) is 12.5. The minimum atomic E-state index is -0.0722. The van der Waals surface area contributed by atoms with Crippen molar-refractivity contribution in [1.29, 1.82) is 0 Å². The summed E-state index contributed by atoms with van der Waals surface area (Å²) in [5.74, 6) is -0.0719. The topological polar surface area (TPSA) is 70.5 Å². The van der Waals surface area contributed by atoms with Crippen molar-refractivity contribution >= 4 is 29.6 Å². The predicted molar refractivity (Wildman–Crippen MR) is 103 cm³/mol. The molecule has 0 radical (unpaired) electrons. The van der Waals surface area contributed by atoms with Gasteiger partial charge in [0.05, 0.1) is 5.69 Å². The number of carbonyl (C=O) groups excluding carboxylic acids is 2. The van der Waals surface area contributed by atoms with Crippen LogP contribution < -0.4 is 5.32 Å². The van der Waals surface area contributed by atoms with Crippen LogP contribution in [0.5, 0.6) is 0 Å². The number of aromatic nitrogens is 2. The molecule has 2 heterocycles. The molecule has 8 heteroatoms. The number of hydrogen-bond donors (Lipinski definition) is 1. The second-order valence-electron chi connectivity index (χ2n) is 6.35. The Hall–Kier alpha value is -2.02. The van der Waals surface area contributed by atoms with Gasteiger partial charge in [-0.2, -0.15) is 5.10 Å². The molecule has 0 spiro atoms. The highest BCUT2D eigenvalue weighted by Crippen LogP contribution is 2.22. The number of aryl methyl sites for hydroxylation is 2. The average Bonchev–Trinajstić information content (AvgIpc) is 2.91. The van der Waals surface area contributed by atoms with Gasteiger partial charge >= 0.3 is 6.03 Å². The van der Waals surface area contributed by atoms with Gasteiger partial charge in [0, 0.05) is 50.9 Å². The van der Waals surface area contributed by atoms with Crippen LogP contribution in [-0.4, -0.2) is 64.2 Å². The zero-order chi connectivity index (χ0) is 19.1. The molecule has 1 aromatic rings. The van der Waals surface area contributed by atoms with Gasteiger partial charge in [-0.05, 0) is 26.3 Å². The Morgan fingerprint density at radius 3 is 2.46 bits per heavy atom. The normalized spacial score (nSPS) is 14.9. The first-order valence-electron chi connectivity index (χ1n) is 9.20. The first kappa shape index (κ1) is 20.3. The molecule has 7 nitrogen and oxygen atoms in total. The number of urea groups is 1.